The standard InChI is InChI=1S/C5H5F8O4P/c6-1(7)3(8,9)5(12,13)4(10,11)2(14)18(15,16)17/h1-2,14H,(H2,15,16,17)/t2-/m0/s1. The molecule has 0 spiro atoms. The molecule has 0 bridgehead atoms. The summed E-state index contributed by atoms with van der Waals surface area (Å²) in [6.07, 6.45) is -5.23. The Morgan fingerprint density at radius 2 is 1.22 bits per heavy atom. The Bertz CT molecular complexity index is 351. The van der Waals surface area contributed by atoms with Crippen molar-refractivity contribution >= 4 is 7.60 Å². The van der Waals surface area contributed by atoms with Crippen LogP contribution in [0, 0.1) is 0 Å². The highest BCUT2D eigenvalue weighted by Crippen LogP contribution is 2.57. The maximum absolute atomic E-state index is 12.6. The molecule has 0 aromatic carbocycles. The van der Waals surface area contributed by atoms with Gasteiger partial charge in [0.25, 0.3) is 0 Å². The maximum atomic E-state index is 12.6. The van der Waals surface area contributed by atoms with Crippen LogP contribution < -0.4 is 0 Å². The normalized spacial score (nSPS) is 17.1. The van der Waals surface area contributed by atoms with Gasteiger partial charge in [0.1, 0.15) is 0 Å². The van der Waals surface area contributed by atoms with Gasteiger partial charge >= 0.3 is 31.8 Å². The smallest absolute Gasteiger partial charge is 0.376 e. The second-order valence-electron chi connectivity index (χ2n) is 3.08. The molecular weight excluding hydrogens is 307 g/mol. The van der Waals surface area contributed by atoms with Crippen molar-refractivity contribution in [1.82, 2.24) is 0 Å². The largest absolute Gasteiger partial charge is 0.381 e. The molecule has 0 aliphatic rings. The third kappa shape index (κ3) is 2.60. The highest BCUT2D eigenvalue weighted by Gasteiger charge is 2.79. The van der Waals surface area contributed by atoms with Crippen LogP contribution >= 0.6 is 7.60 Å². The van der Waals surface area contributed by atoms with Crippen LogP contribution in [0.1, 0.15) is 0 Å². The minimum absolute atomic E-state index is 4.55. The molecule has 1 atom stereocenters. The molecule has 3 N–H and O–H groups in total. The number of aliphatic hydroxyl groups excluding tert-OH is 1. The molecule has 0 aliphatic carbocycles. The molecule has 0 aliphatic heterocycles. The molecule has 0 saturated heterocycles. The number of hydrogen-bond acceptors (Lipinski definition) is 2. The first-order chi connectivity index (χ1) is 7.60. The van der Waals surface area contributed by atoms with Crippen molar-refractivity contribution in [1.29, 1.82) is 0 Å². The highest BCUT2D eigenvalue weighted by molar-refractivity contribution is 7.52. The summed E-state index contributed by atoms with van der Waals surface area (Å²) in [4.78, 5) is 16.0. The summed E-state index contributed by atoms with van der Waals surface area (Å²) < 4.78 is 108. The Morgan fingerprint density at radius 1 is 0.889 bits per heavy atom. The van der Waals surface area contributed by atoms with Crippen molar-refractivity contribution in [3.63, 3.8) is 0 Å². The van der Waals surface area contributed by atoms with Crippen LogP contribution in [0.25, 0.3) is 0 Å². The lowest BCUT2D eigenvalue weighted by Gasteiger charge is -2.34. The monoisotopic (exact) mass is 312 g/mol. The van der Waals surface area contributed by atoms with Crippen LogP contribution in [-0.2, 0) is 4.57 Å². The van der Waals surface area contributed by atoms with Crippen molar-refractivity contribution in [2.75, 3.05) is 0 Å². The molecule has 0 amide bonds. The molecule has 0 heterocycles. The van der Waals surface area contributed by atoms with Gasteiger partial charge in [0.05, 0.1) is 0 Å². The molecule has 0 unspecified atom stereocenters. The van der Waals surface area contributed by atoms with E-state index in [1.807, 2.05) is 0 Å². The predicted octanol–water partition coefficient (Wildman–Crippen LogP) is 1.65. The van der Waals surface area contributed by atoms with Gasteiger partial charge in [-0.15, -0.1) is 0 Å². The molecule has 0 rings (SSSR count). The molecule has 0 saturated carbocycles. The van der Waals surface area contributed by atoms with E-state index in [0.29, 0.717) is 0 Å². The fraction of sp³-hybridized carbons (Fsp3) is 1.00. The topological polar surface area (TPSA) is 77.8 Å². The van der Waals surface area contributed by atoms with Gasteiger partial charge in [0.2, 0.25) is 5.85 Å². The SMILES string of the molecule is O=P(O)(O)[C@H](O)C(F)(F)C(F)(F)C(F)(F)C(F)F. The van der Waals surface area contributed by atoms with E-state index in [1.165, 1.54) is 0 Å². The first-order valence-corrected chi connectivity index (χ1v) is 5.43. The number of rotatable bonds is 5. The van der Waals surface area contributed by atoms with Gasteiger partial charge in [-0.3, -0.25) is 4.57 Å². The first-order valence-electron chi connectivity index (χ1n) is 3.75. The Labute approximate surface area is 93.4 Å². The fourth-order valence-electron chi connectivity index (χ4n) is 0.733. The second kappa shape index (κ2) is 4.58. The van der Waals surface area contributed by atoms with Crippen molar-refractivity contribution in [3.8, 4) is 0 Å². The van der Waals surface area contributed by atoms with Crippen LogP contribution in [0.3, 0.4) is 0 Å². The molecule has 0 aromatic heterocycles. The Kier molecular flexibility index (Phi) is 4.47. The van der Waals surface area contributed by atoms with Crippen LogP contribution in [0.4, 0.5) is 35.1 Å². The third-order valence-corrected chi connectivity index (χ3v) is 2.72. The van der Waals surface area contributed by atoms with Crippen LogP contribution in [-0.4, -0.2) is 44.9 Å². The summed E-state index contributed by atoms with van der Waals surface area (Å²) in [7, 11) is -6.33. The number of hydrogen-bond donors (Lipinski definition) is 3. The van der Waals surface area contributed by atoms with E-state index in [1.54, 1.807) is 0 Å². The summed E-state index contributed by atoms with van der Waals surface area (Å²) in [5.74, 6) is -24.5. The van der Waals surface area contributed by atoms with Gasteiger partial charge < -0.3 is 14.9 Å². The average Bonchev–Trinajstić information content (AvgIpc) is 2.14. The van der Waals surface area contributed by atoms with Crippen LogP contribution in [0.5, 0.6) is 0 Å². The lowest BCUT2D eigenvalue weighted by Crippen LogP contribution is -2.61. The molecule has 0 radical (unpaired) electrons. The fourth-order valence-corrected chi connectivity index (χ4v) is 1.32. The number of aliphatic hydroxyl groups is 1. The maximum Gasteiger partial charge on any atom is 0.381 e. The zero-order chi connectivity index (χ0) is 15.2. The Balaban J connectivity index is 5.67. The van der Waals surface area contributed by atoms with Gasteiger partial charge in [-0.25, -0.2) is 8.78 Å². The Hall–Kier alpha value is -0.450. The summed E-state index contributed by atoms with van der Waals surface area (Å²) in [6, 6.07) is 0. The minimum atomic E-state index is -6.87. The van der Waals surface area contributed by atoms with Crippen molar-refractivity contribution < 1.29 is 54.6 Å². The van der Waals surface area contributed by atoms with E-state index >= 15 is 0 Å². The molecule has 110 valence electrons. The second-order valence-corrected chi connectivity index (χ2v) is 4.75. The summed E-state index contributed by atoms with van der Waals surface area (Å²) >= 11 is 0. The highest BCUT2D eigenvalue weighted by atomic mass is 31.2. The Morgan fingerprint density at radius 3 is 1.44 bits per heavy atom. The van der Waals surface area contributed by atoms with E-state index in [0.717, 1.165) is 0 Å². The molecular formula is C5H5F8O4P. The van der Waals surface area contributed by atoms with E-state index in [9.17, 15) is 39.7 Å². The van der Waals surface area contributed by atoms with Crippen molar-refractivity contribution in [2.45, 2.75) is 30.0 Å². The molecule has 0 fully saturated rings. The minimum Gasteiger partial charge on any atom is -0.376 e. The van der Waals surface area contributed by atoms with Gasteiger partial charge in [-0.1, -0.05) is 0 Å². The molecule has 18 heavy (non-hydrogen) atoms. The van der Waals surface area contributed by atoms with Gasteiger partial charge in [0, 0.05) is 0 Å². The number of alkyl halides is 8. The van der Waals surface area contributed by atoms with Crippen molar-refractivity contribution in [2.24, 2.45) is 0 Å². The zero-order valence-electron chi connectivity index (χ0n) is 7.88. The summed E-state index contributed by atoms with van der Waals surface area (Å²) in [5.41, 5.74) is 0. The van der Waals surface area contributed by atoms with E-state index in [4.69, 9.17) is 14.9 Å². The first kappa shape index (κ1) is 17.6. The van der Waals surface area contributed by atoms with Crippen LogP contribution in [0.2, 0.25) is 0 Å². The predicted molar refractivity (Wildman–Crippen MR) is 38.9 cm³/mol. The van der Waals surface area contributed by atoms with Gasteiger partial charge in [0.15, 0.2) is 0 Å². The molecule has 4 nitrogen and oxygen atoms in total. The summed E-state index contributed by atoms with van der Waals surface area (Å²) in [6.45, 7) is 0. The average molecular weight is 312 g/mol. The lowest BCUT2D eigenvalue weighted by atomic mass is 10.1. The van der Waals surface area contributed by atoms with Crippen molar-refractivity contribution in [3.05, 3.63) is 0 Å². The van der Waals surface area contributed by atoms with E-state index in [2.05, 4.69) is 0 Å². The quantitative estimate of drug-likeness (QED) is 0.533. The van der Waals surface area contributed by atoms with E-state index in [-0.39, 0.29) is 0 Å². The zero-order valence-corrected chi connectivity index (χ0v) is 8.77. The van der Waals surface area contributed by atoms with Gasteiger partial charge in [-0.05, 0) is 0 Å². The summed E-state index contributed by atoms with van der Waals surface area (Å²) in [5, 5.41) is 8.22. The lowest BCUT2D eigenvalue weighted by molar-refractivity contribution is -0.349. The van der Waals surface area contributed by atoms with Gasteiger partial charge in [-0.2, -0.15) is 26.3 Å². The third-order valence-electron chi connectivity index (χ3n) is 1.75. The van der Waals surface area contributed by atoms with Crippen LogP contribution in [0.15, 0.2) is 0 Å². The molecule has 13 heteroatoms. The van der Waals surface area contributed by atoms with E-state index < -0.39 is 37.6 Å². The number of halogens is 8. The molecule has 0 aromatic rings.